The van der Waals surface area contributed by atoms with Crippen molar-refractivity contribution in [3.05, 3.63) is 71.3 Å². The molecule has 1 heterocycles. The summed E-state index contributed by atoms with van der Waals surface area (Å²) in [6.45, 7) is 4.22. The monoisotopic (exact) mass is 352 g/mol. The minimum Gasteiger partial charge on any atom is -0.450 e. The summed E-state index contributed by atoms with van der Waals surface area (Å²) in [7, 11) is 0. The second-order valence-corrected chi connectivity index (χ2v) is 6.30. The fourth-order valence-corrected chi connectivity index (χ4v) is 3.18. The molecule has 0 aliphatic carbocycles. The Hall–Kier alpha value is -2.82. The van der Waals surface area contributed by atoms with Crippen molar-refractivity contribution >= 4 is 12.0 Å². The molecule has 1 aliphatic rings. The largest absolute Gasteiger partial charge is 0.450 e. The Morgan fingerprint density at radius 2 is 1.50 bits per heavy atom. The lowest BCUT2D eigenvalue weighted by Gasteiger charge is -2.34. The molecule has 0 N–H and O–H groups in total. The SMILES string of the molecule is CCOC(=O)N1CCN(C(=O)c2ccccc2Cc2ccccc2)CC1. The molecule has 136 valence electrons. The zero-order valence-corrected chi connectivity index (χ0v) is 15.1. The molecule has 5 heteroatoms. The Labute approximate surface area is 154 Å². The summed E-state index contributed by atoms with van der Waals surface area (Å²) in [4.78, 5) is 28.3. The Balaban J connectivity index is 1.68. The van der Waals surface area contributed by atoms with E-state index in [1.54, 1.807) is 11.8 Å². The number of hydrogen-bond donors (Lipinski definition) is 0. The molecule has 2 amide bonds. The van der Waals surface area contributed by atoms with E-state index in [1.807, 2.05) is 47.4 Å². The highest BCUT2D eigenvalue weighted by Gasteiger charge is 2.26. The molecule has 2 aromatic rings. The van der Waals surface area contributed by atoms with E-state index in [9.17, 15) is 9.59 Å². The molecule has 5 nitrogen and oxygen atoms in total. The van der Waals surface area contributed by atoms with Gasteiger partial charge in [-0.2, -0.15) is 0 Å². The van der Waals surface area contributed by atoms with Crippen LogP contribution in [0.1, 0.15) is 28.4 Å². The number of ether oxygens (including phenoxy) is 1. The number of carbonyl (C=O) groups excluding carboxylic acids is 2. The van der Waals surface area contributed by atoms with Crippen LogP contribution in [0.4, 0.5) is 4.79 Å². The van der Waals surface area contributed by atoms with Crippen molar-refractivity contribution < 1.29 is 14.3 Å². The summed E-state index contributed by atoms with van der Waals surface area (Å²) in [5, 5.41) is 0. The van der Waals surface area contributed by atoms with Gasteiger partial charge in [0.2, 0.25) is 0 Å². The first-order valence-electron chi connectivity index (χ1n) is 9.02. The van der Waals surface area contributed by atoms with E-state index >= 15 is 0 Å². The lowest BCUT2D eigenvalue weighted by molar-refractivity contribution is 0.0569. The van der Waals surface area contributed by atoms with Crippen molar-refractivity contribution in [3.8, 4) is 0 Å². The van der Waals surface area contributed by atoms with Crippen LogP contribution in [-0.4, -0.2) is 54.6 Å². The van der Waals surface area contributed by atoms with E-state index in [0.29, 0.717) is 32.8 Å². The third kappa shape index (κ3) is 4.23. The molecule has 0 bridgehead atoms. The number of amides is 2. The first kappa shape index (κ1) is 18.0. The summed E-state index contributed by atoms with van der Waals surface area (Å²) < 4.78 is 5.03. The van der Waals surface area contributed by atoms with Gasteiger partial charge in [-0.1, -0.05) is 48.5 Å². The third-order valence-electron chi connectivity index (χ3n) is 4.58. The number of rotatable bonds is 4. The van der Waals surface area contributed by atoms with Gasteiger partial charge in [0.25, 0.3) is 5.91 Å². The molecule has 1 aliphatic heterocycles. The van der Waals surface area contributed by atoms with Crippen molar-refractivity contribution in [2.75, 3.05) is 32.8 Å². The van der Waals surface area contributed by atoms with Gasteiger partial charge in [-0.15, -0.1) is 0 Å². The van der Waals surface area contributed by atoms with Gasteiger partial charge in [0, 0.05) is 31.7 Å². The highest BCUT2D eigenvalue weighted by atomic mass is 16.6. The van der Waals surface area contributed by atoms with E-state index in [1.165, 1.54) is 5.56 Å². The lowest BCUT2D eigenvalue weighted by Crippen LogP contribution is -2.50. The van der Waals surface area contributed by atoms with Gasteiger partial charge in [-0.25, -0.2) is 4.79 Å². The molecule has 2 aromatic carbocycles. The van der Waals surface area contributed by atoms with Gasteiger partial charge in [0.05, 0.1) is 6.61 Å². The molecule has 0 radical (unpaired) electrons. The standard InChI is InChI=1S/C21H24N2O3/c1-2-26-21(25)23-14-12-22(13-15-23)20(24)19-11-7-6-10-18(19)16-17-8-4-3-5-9-17/h3-11H,2,12-16H2,1H3. The number of hydrogen-bond acceptors (Lipinski definition) is 3. The van der Waals surface area contributed by atoms with Crippen LogP contribution in [0.15, 0.2) is 54.6 Å². The van der Waals surface area contributed by atoms with Crippen LogP contribution in [0.2, 0.25) is 0 Å². The zero-order valence-electron chi connectivity index (χ0n) is 15.1. The number of benzene rings is 2. The molecular weight excluding hydrogens is 328 g/mol. The van der Waals surface area contributed by atoms with Gasteiger partial charge in [0.15, 0.2) is 0 Å². The van der Waals surface area contributed by atoms with E-state index in [2.05, 4.69) is 12.1 Å². The van der Waals surface area contributed by atoms with E-state index in [-0.39, 0.29) is 12.0 Å². The predicted molar refractivity (Wildman–Crippen MR) is 100 cm³/mol. The Morgan fingerprint density at radius 1 is 0.885 bits per heavy atom. The first-order valence-corrected chi connectivity index (χ1v) is 9.02. The molecule has 3 rings (SSSR count). The number of nitrogens with zero attached hydrogens (tertiary/aromatic N) is 2. The van der Waals surface area contributed by atoms with Crippen molar-refractivity contribution in [1.82, 2.24) is 9.80 Å². The maximum absolute atomic E-state index is 13.0. The molecule has 0 unspecified atom stereocenters. The molecule has 1 saturated heterocycles. The van der Waals surface area contributed by atoms with Crippen LogP contribution in [0.5, 0.6) is 0 Å². The van der Waals surface area contributed by atoms with Crippen molar-refractivity contribution in [1.29, 1.82) is 0 Å². The van der Waals surface area contributed by atoms with Gasteiger partial charge in [0.1, 0.15) is 0 Å². The van der Waals surface area contributed by atoms with Crippen LogP contribution in [0.3, 0.4) is 0 Å². The van der Waals surface area contributed by atoms with E-state index in [4.69, 9.17) is 4.74 Å². The van der Waals surface area contributed by atoms with Crippen LogP contribution >= 0.6 is 0 Å². The molecule has 0 spiro atoms. The number of piperazine rings is 1. The summed E-state index contributed by atoms with van der Waals surface area (Å²) in [5.74, 6) is 0.0278. The van der Waals surface area contributed by atoms with Crippen LogP contribution in [-0.2, 0) is 11.2 Å². The topological polar surface area (TPSA) is 49.9 Å². The van der Waals surface area contributed by atoms with Crippen LogP contribution in [0.25, 0.3) is 0 Å². The first-order chi connectivity index (χ1) is 12.7. The zero-order chi connectivity index (χ0) is 18.4. The predicted octanol–water partition coefficient (Wildman–Crippen LogP) is 3.19. The van der Waals surface area contributed by atoms with Gasteiger partial charge < -0.3 is 14.5 Å². The van der Waals surface area contributed by atoms with Crippen molar-refractivity contribution in [3.63, 3.8) is 0 Å². The Bertz CT molecular complexity index is 753. The summed E-state index contributed by atoms with van der Waals surface area (Å²) in [6.07, 6.45) is 0.426. The highest BCUT2D eigenvalue weighted by Crippen LogP contribution is 2.17. The second-order valence-electron chi connectivity index (χ2n) is 6.30. The van der Waals surface area contributed by atoms with Crippen molar-refractivity contribution in [2.24, 2.45) is 0 Å². The van der Waals surface area contributed by atoms with Crippen LogP contribution < -0.4 is 0 Å². The minimum atomic E-state index is -0.302. The number of carbonyl (C=O) groups is 2. The summed E-state index contributed by atoms with van der Waals surface area (Å²) in [5.41, 5.74) is 2.94. The summed E-state index contributed by atoms with van der Waals surface area (Å²) in [6, 6.07) is 17.9. The molecule has 0 aromatic heterocycles. The summed E-state index contributed by atoms with van der Waals surface area (Å²) >= 11 is 0. The molecular formula is C21H24N2O3. The van der Waals surface area contributed by atoms with E-state index < -0.39 is 0 Å². The van der Waals surface area contributed by atoms with Gasteiger partial charge in [-0.3, -0.25) is 4.79 Å². The molecule has 0 atom stereocenters. The quantitative estimate of drug-likeness (QED) is 0.849. The van der Waals surface area contributed by atoms with Crippen molar-refractivity contribution in [2.45, 2.75) is 13.3 Å². The molecule has 0 saturated carbocycles. The van der Waals surface area contributed by atoms with Gasteiger partial charge >= 0.3 is 6.09 Å². The fraction of sp³-hybridized carbons (Fsp3) is 0.333. The van der Waals surface area contributed by atoms with Gasteiger partial charge in [-0.05, 0) is 30.5 Å². The van der Waals surface area contributed by atoms with E-state index in [0.717, 1.165) is 17.5 Å². The minimum absolute atomic E-state index is 0.0278. The maximum atomic E-state index is 13.0. The average Bonchev–Trinajstić information content (AvgIpc) is 2.69. The Kier molecular flexibility index (Phi) is 5.89. The molecule has 26 heavy (non-hydrogen) atoms. The normalized spacial score (nSPS) is 14.2. The second kappa shape index (κ2) is 8.52. The highest BCUT2D eigenvalue weighted by molar-refractivity contribution is 5.96. The Morgan fingerprint density at radius 3 is 2.19 bits per heavy atom. The molecule has 1 fully saturated rings. The van der Waals surface area contributed by atoms with Crippen LogP contribution in [0, 0.1) is 0 Å². The lowest BCUT2D eigenvalue weighted by atomic mass is 9.99. The fourth-order valence-electron chi connectivity index (χ4n) is 3.18. The maximum Gasteiger partial charge on any atom is 0.409 e. The average molecular weight is 352 g/mol. The third-order valence-corrected chi connectivity index (χ3v) is 4.58. The smallest absolute Gasteiger partial charge is 0.409 e.